The van der Waals surface area contributed by atoms with Crippen LogP contribution in [-0.2, 0) is 6.61 Å². The monoisotopic (exact) mass is 359 g/mol. The van der Waals surface area contributed by atoms with E-state index in [0.29, 0.717) is 5.13 Å². The van der Waals surface area contributed by atoms with Gasteiger partial charge in [0.25, 0.3) is 0 Å². The first kappa shape index (κ1) is 17.0. The van der Waals surface area contributed by atoms with Crippen LogP contribution in [0.1, 0.15) is 16.8 Å². The van der Waals surface area contributed by atoms with Crippen molar-refractivity contribution >= 4 is 22.7 Å². The smallest absolute Gasteiger partial charge is 0.203 e. The first-order valence-electron chi connectivity index (χ1n) is 7.49. The molecule has 0 unspecified atom stereocenters. The Morgan fingerprint density at radius 3 is 2.56 bits per heavy atom. The Labute approximate surface area is 147 Å². The lowest BCUT2D eigenvalue weighted by atomic mass is 10.2. The highest BCUT2D eigenvalue weighted by Crippen LogP contribution is 2.24. The Morgan fingerprint density at radius 2 is 1.92 bits per heavy atom. The molecule has 0 bridgehead atoms. The summed E-state index contributed by atoms with van der Waals surface area (Å²) in [7, 11) is 0. The number of thiazole rings is 1. The fourth-order valence-electron chi connectivity index (χ4n) is 2.09. The number of hydrazone groups is 1. The Kier molecular flexibility index (Phi) is 5.35. The fourth-order valence-corrected chi connectivity index (χ4v) is 2.73. The maximum absolute atomic E-state index is 14.1. The van der Waals surface area contributed by atoms with Gasteiger partial charge in [0.05, 0.1) is 11.9 Å². The number of halogens is 2. The van der Waals surface area contributed by atoms with E-state index in [1.807, 2.05) is 42.6 Å². The van der Waals surface area contributed by atoms with Crippen LogP contribution in [0.3, 0.4) is 0 Å². The van der Waals surface area contributed by atoms with E-state index in [9.17, 15) is 8.78 Å². The molecule has 1 aromatic heterocycles. The van der Waals surface area contributed by atoms with Gasteiger partial charge in [-0.25, -0.2) is 13.8 Å². The molecule has 0 saturated carbocycles. The van der Waals surface area contributed by atoms with Gasteiger partial charge < -0.3 is 4.74 Å². The number of nitrogens with one attached hydrogen (secondary N) is 1. The van der Waals surface area contributed by atoms with E-state index in [4.69, 9.17) is 4.74 Å². The van der Waals surface area contributed by atoms with E-state index in [2.05, 4.69) is 15.5 Å². The number of hydrogen-bond donors (Lipinski definition) is 1. The summed E-state index contributed by atoms with van der Waals surface area (Å²) in [5.74, 6) is -1.95. The van der Waals surface area contributed by atoms with Crippen LogP contribution in [0.15, 0.2) is 52.9 Å². The maximum atomic E-state index is 14.1. The summed E-state index contributed by atoms with van der Waals surface area (Å²) >= 11 is 1.39. The second-order valence-electron chi connectivity index (χ2n) is 5.25. The molecule has 3 rings (SSSR count). The lowest BCUT2D eigenvalue weighted by molar-refractivity contribution is 0.274. The van der Waals surface area contributed by atoms with E-state index < -0.39 is 17.4 Å². The van der Waals surface area contributed by atoms with Gasteiger partial charge >= 0.3 is 0 Å². The number of aromatic nitrogens is 1. The number of aryl methyl sites for hydroxylation is 1. The molecule has 0 aliphatic carbocycles. The summed E-state index contributed by atoms with van der Waals surface area (Å²) in [6.45, 7) is 1.96. The highest BCUT2D eigenvalue weighted by molar-refractivity contribution is 7.13. The third-order valence-corrected chi connectivity index (χ3v) is 4.10. The van der Waals surface area contributed by atoms with Gasteiger partial charge in [0, 0.05) is 10.9 Å². The number of benzene rings is 2. The Hall–Kier alpha value is -2.80. The molecule has 0 amide bonds. The molecule has 0 atom stereocenters. The first-order valence-corrected chi connectivity index (χ1v) is 8.37. The number of nitrogens with zero attached hydrogens (tertiary/aromatic N) is 2. The molecule has 3 aromatic rings. The summed E-state index contributed by atoms with van der Waals surface area (Å²) in [4.78, 5) is 4.17. The molecule has 0 aliphatic rings. The van der Waals surface area contributed by atoms with Crippen LogP contribution in [-0.4, -0.2) is 11.2 Å². The lowest BCUT2D eigenvalue weighted by Gasteiger charge is -2.09. The van der Waals surface area contributed by atoms with Crippen LogP contribution < -0.4 is 10.2 Å². The van der Waals surface area contributed by atoms with Crippen molar-refractivity contribution in [2.24, 2.45) is 5.10 Å². The molecule has 0 fully saturated rings. The standard InChI is InChI=1S/C18H15F2N3OS/c1-12-11-25-18(22-12)23-21-9-14-7-15(19)17(16(20)8-14)24-10-13-5-3-2-4-6-13/h2-9,11H,10H2,1H3,(H,22,23). The van der Waals surface area contributed by atoms with Crippen LogP contribution in [0.5, 0.6) is 5.75 Å². The summed E-state index contributed by atoms with van der Waals surface area (Å²) in [5.41, 5.74) is 4.70. The zero-order valence-corrected chi connectivity index (χ0v) is 14.2. The molecule has 0 radical (unpaired) electrons. The molecule has 0 aliphatic heterocycles. The van der Waals surface area contributed by atoms with E-state index in [1.54, 1.807) is 0 Å². The highest BCUT2D eigenvalue weighted by Gasteiger charge is 2.12. The minimum atomic E-state index is -0.775. The zero-order chi connectivity index (χ0) is 17.6. The molecule has 0 saturated heterocycles. The largest absolute Gasteiger partial charge is 0.483 e. The molecule has 25 heavy (non-hydrogen) atoms. The van der Waals surface area contributed by atoms with Crippen molar-refractivity contribution in [1.82, 2.24) is 4.98 Å². The summed E-state index contributed by atoms with van der Waals surface area (Å²) in [5, 5.41) is 6.41. The summed E-state index contributed by atoms with van der Waals surface area (Å²) in [6.07, 6.45) is 1.32. The zero-order valence-electron chi connectivity index (χ0n) is 13.4. The third kappa shape index (κ3) is 4.60. The average Bonchev–Trinajstić information content (AvgIpc) is 3.00. The molecule has 2 aromatic carbocycles. The summed E-state index contributed by atoms with van der Waals surface area (Å²) in [6, 6.07) is 11.5. The minimum Gasteiger partial charge on any atom is -0.483 e. The first-order chi connectivity index (χ1) is 12.1. The molecule has 0 spiro atoms. The second-order valence-corrected chi connectivity index (χ2v) is 6.11. The Bertz CT molecular complexity index is 858. The third-order valence-electron chi connectivity index (χ3n) is 3.24. The van der Waals surface area contributed by atoms with Crippen LogP contribution in [0.2, 0.25) is 0 Å². The van der Waals surface area contributed by atoms with Crippen molar-refractivity contribution in [3.63, 3.8) is 0 Å². The topological polar surface area (TPSA) is 46.5 Å². The average molecular weight is 359 g/mol. The molecular formula is C18H15F2N3OS. The van der Waals surface area contributed by atoms with Gasteiger partial charge in [-0.2, -0.15) is 5.10 Å². The van der Waals surface area contributed by atoms with Gasteiger partial charge in [-0.3, -0.25) is 5.43 Å². The lowest BCUT2D eigenvalue weighted by Crippen LogP contribution is -2.01. The van der Waals surface area contributed by atoms with Crippen molar-refractivity contribution in [3.8, 4) is 5.75 Å². The van der Waals surface area contributed by atoms with Crippen molar-refractivity contribution < 1.29 is 13.5 Å². The van der Waals surface area contributed by atoms with Crippen molar-refractivity contribution in [2.75, 3.05) is 5.43 Å². The van der Waals surface area contributed by atoms with Crippen molar-refractivity contribution in [3.05, 3.63) is 76.3 Å². The van der Waals surface area contributed by atoms with E-state index in [-0.39, 0.29) is 12.2 Å². The van der Waals surface area contributed by atoms with Crippen molar-refractivity contribution in [1.29, 1.82) is 0 Å². The van der Waals surface area contributed by atoms with Crippen molar-refractivity contribution in [2.45, 2.75) is 13.5 Å². The number of hydrogen-bond acceptors (Lipinski definition) is 5. The van der Waals surface area contributed by atoms with E-state index in [0.717, 1.165) is 11.3 Å². The van der Waals surface area contributed by atoms with Crippen LogP contribution >= 0.6 is 11.3 Å². The van der Waals surface area contributed by atoms with E-state index >= 15 is 0 Å². The minimum absolute atomic E-state index is 0.0903. The highest BCUT2D eigenvalue weighted by atomic mass is 32.1. The molecule has 128 valence electrons. The quantitative estimate of drug-likeness (QED) is 0.510. The predicted octanol–water partition coefficient (Wildman–Crippen LogP) is 4.75. The molecule has 1 N–H and O–H groups in total. The maximum Gasteiger partial charge on any atom is 0.203 e. The Balaban J connectivity index is 1.67. The van der Waals surface area contributed by atoms with Gasteiger partial charge in [0.2, 0.25) is 5.13 Å². The van der Waals surface area contributed by atoms with Crippen LogP contribution in [0.25, 0.3) is 0 Å². The molecule has 1 heterocycles. The molecule has 4 nitrogen and oxygen atoms in total. The van der Waals surface area contributed by atoms with Gasteiger partial charge in [-0.15, -0.1) is 11.3 Å². The SMILES string of the molecule is Cc1csc(NN=Cc2cc(F)c(OCc3ccccc3)c(F)c2)n1. The van der Waals surface area contributed by atoms with Gasteiger partial charge in [0.15, 0.2) is 17.4 Å². The fraction of sp³-hybridized carbons (Fsp3) is 0.111. The Morgan fingerprint density at radius 1 is 1.20 bits per heavy atom. The molecule has 7 heteroatoms. The number of anilines is 1. The van der Waals surface area contributed by atoms with Gasteiger partial charge in [0.1, 0.15) is 6.61 Å². The van der Waals surface area contributed by atoms with Gasteiger partial charge in [-0.05, 0) is 24.6 Å². The number of ether oxygens (including phenoxy) is 1. The van der Waals surface area contributed by atoms with Gasteiger partial charge in [-0.1, -0.05) is 30.3 Å². The van der Waals surface area contributed by atoms with Crippen LogP contribution in [0.4, 0.5) is 13.9 Å². The second kappa shape index (κ2) is 7.85. The number of rotatable bonds is 6. The normalized spacial score (nSPS) is 11.0. The predicted molar refractivity (Wildman–Crippen MR) is 95.2 cm³/mol. The van der Waals surface area contributed by atoms with Crippen LogP contribution in [0, 0.1) is 18.6 Å². The molecular weight excluding hydrogens is 344 g/mol. The van der Waals surface area contributed by atoms with E-state index in [1.165, 1.54) is 29.7 Å². The summed E-state index contributed by atoms with van der Waals surface area (Å²) < 4.78 is 33.5.